The number of aliphatic hydroxyl groups is 2. The third-order valence-electron chi connectivity index (χ3n) is 10.9. The summed E-state index contributed by atoms with van der Waals surface area (Å²) >= 11 is 0. The molecule has 0 spiro atoms. The number of carbonyl (C=O) groups excluding carboxylic acids is 2. The van der Waals surface area contributed by atoms with Gasteiger partial charge in [-0.2, -0.15) is 0 Å². The van der Waals surface area contributed by atoms with Crippen molar-refractivity contribution in [3.05, 3.63) is 72.9 Å². The number of esters is 1. The predicted octanol–water partition coefficient (Wildman–Crippen LogP) is 14.6. The fourth-order valence-corrected chi connectivity index (χ4v) is 7.14. The summed E-state index contributed by atoms with van der Waals surface area (Å²) in [6.07, 6.45) is 58.3. The highest BCUT2D eigenvalue weighted by Crippen LogP contribution is 2.16. The molecule has 0 bridgehead atoms. The van der Waals surface area contributed by atoms with Crippen LogP contribution in [0.25, 0.3) is 0 Å². The molecule has 0 heterocycles. The van der Waals surface area contributed by atoms with E-state index < -0.39 is 18.2 Å². The molecule has 3 atom stereocenters. The van der Waals surface area contributed by atoms with Crippen LogP contribution >= 0.6 is 0 Å². The van der Waals surface area contributed by atoms with Crippen LogP contribution in [0.15, 0.2) is 72.9 Å². The van der Waals surface area contributed by atoms with Gasteiger partial charge in [0.1, 0.15) is 6.10 Å². The summed E-state index contributed by atoms with van der Waals surface area (Å²) in [4.78, 5) is 26.0. The van der Waals surface area contributed by atoms with Crippen LogP contribution in [-0.2, 0) is 14.3 Å². The second-order valence-corrected chi connectivity index (χ2v) is 16.6. The fraction of sp³-hybridized carbons (Fsp3) is 0.736. The number of amides is 1. The van der Waals surface area contributed by atoms with E-state index in [-0.39, 0.29) is 24.9 Å². The Morgan fingerprint density at radius 2 is 0.932 bits per heavy atom. The minimum atomic E-state index is -0.809. The lowest BCUT2D eigenvalue weighted by molar-refractivity contribution is -0.151. The summed E-state index contributed by atoms with van der Waals surface area (Å²) in [7, 11) is 0. The van der Waals surface area contributed by atoms with E-state index in [1.54, 1.807) is 0 Å². The number of carbonyl (C=O) groups is 2. The molecule has 0 aromatic heterocycles. The van der Waals surface area contributed by atoms with Crippen molar-refractivity contribution in [2.75, 3.05) is 6.61 Å². The first kappa shape index (κ1) is 56.3. The normalized spacial score (nSPS) is 13.9. The van der Waals surface area contributed by atoms with E-state index in [0.717, 1.165) is 77.0 Å². The van der Waals surface area contributed by atoms with E-state index in [1.165, 1.54) is 103 Å². The first-order valence-electron chi connectivity index (χ1n) is 24.7. The van der Waals surface area contributed by atoms with Crippen molar-refractivity contribution in [3.63, 3.8) is 0 Å². The van der Waals surface area contributed by atoms with Gasteiger partial charge in [0.05, 0.1) is 25.2 Å². The summed E-state index contributed by atoms with van der Waals surface area (Å²) in [5.41, 5.74) is 0. The third-order valence-corrected chi connectivity index (χ3v) is 10.9. The molecule has 0 aromatic rings. The Labute approximate surface area is 364 Å². The molecule has 0 saturated carbocycles. The molecule has 0 aliphatic carbocycles. The first-order chi connectivity index (χ1) is 29.0. The number of unbranched alkanes of at least 4 members (excludes halogenated alkanes) is 23. The zero-order chi connectivity index (χ0) is 43.1. The number of ether oxygens (including phenoxy) is 1. The van der Waals surface area contributed by atoms with Crippen molar-refractivity contribution in [2.45, 2.75) is 244 Å². The Morgan fingerprint density at radius 1 is 0.508 bits per heavy atom. The van der Waals surface area contributed by atoms with Crippen LogP contribution in [0.5, 0.6) is 0 Å². The summed E-state index contributed by atoms with van der Waals surface area (Å²) in [6, 6.07) is -0.727. The highest BCUT2D eigenvalue weighted by atomic mass is 16.5. The van der Waals surface area contributed by atoms with Crippen LogP contribution in [0.2, 0.25) is 0 Å². The van der Waals surface area contributed by atoms with Gasteiger partial charge in [-0.15, -0.1) is 0 Å². The lowest BCUT2D eigenvalue weighted by Gasteiger charge is -2.24. The Kier molecular flexibility index (Phi) is 44.2. The maximum absolute atomic E-state index is 13.1. The Hall–Kier alpha value is -2.70. The van der Waals surface area contributed by atoms with E-state index in [4.69, 9.17) is 4.74 Å². The Balaban J connectivity index is 4.63. The van der Waals surface area contributed by atoms with Crippen molar-refractivity contribution in [1.82, 2.24) is 5.32 Å². The van der Waals surface area contributed by atoms with E-state index in [2.05, 4.69) is 62.5 Å². The fourth-order valence-electron chi connectivity index (χ4n) is 7.14. The number of rotatable bonds is 43. The second-order valence-electron chi connectivity index (χ2n) is 16.6. The van der Waals surface area contributed by atoms with Gasteiger partial charge in [-0.25, -0.2) is 0 Å². The van der Waals surface area contributed by atoms with Gasteiger partial charge in [-0.1, -0.05) is 222 Å². The summed E-state index contributed by atoms with van der Waals surface area (Å²) in [5, 5.41) is 23.6. The van der Waals surface area contributed by atoms with E-state index >= 15 is 0 Å². The minimum absolute atomic E-state index is 0.0227. The van der Waals surface area contributed by atoms with Crippen LogP contribution in [0, 0.1) is 0 Å². The molecule has 1 amide bonds. The molecule has 3 N–H and O–H groups in total. The van der Waals surface area contributed by atoms with Gasteiger partial charge in [0.25, 0.3) is 0 Å². The van der Waals surface area contributed by atoms with E-state index in [0.29, 0.717) is 19.3 Å². The van der Waals surface area contributed by atoms with Crippen LogP contribution in [-0.4, -0.2) is 46.9 Å². The van der Waals surface area contributed by atoms with Crippen LogP contribution in [0.3, 0.4) is 0 Å². The van der Waals surface area contributed by atoms with Gasteiger partial charge in [-0.05, 0) is 64.2 Å². The number of hydrogen-bond donors (Lipinski definition) is 3. The molecule has 6 heteroatoms. The zero-order valence-electron chi connectivity index (χ0n) is 38.6. The van der Waals surface area contributed by atoms with Crippen molar-refractivity contribution in [1.29, 1.82) is 0 Å². The van der Waals surface area contributed by atoms with Crippen molar-refractivity contribution >= 4 is 11.9 Å². The van der Waals surface area contributed by atoms with Gasteiger partial charge in [-0.3, -0.25) is 9.59 Å². The number of hydrogen-bond acceptors (Lipinski definition) is 5. The van der Waals surface area contributed by atoms with Gasteiger partial charge >= 0.3 is 5.97 Å². The number of nitrogens with one attached hydrogen (secondary N) is 1. The largest absolute Gasteiger partial charge is 0.462 e. The quantitative estimate of drug-likeness (QED) is 0.0323. The smallest absolute Gasteiger partial charge is 0.306 e. The van der Waals surface area contributed by atoms with E-state index in [1.807, 2.05) is 36.5 Å². The Morgan fingerprint density at radius 3 is 1.44 bits per heavy atom. The van der Waals surface area contributed by atoms with Crippen molar-refractivity contribution in [3.8, 4) is 0 Å². The third kappa shape index (κ3) is 41.8. The highest BCUT2D eigenvalue weighted by Gasteiger charge is 2.24. The molecule has 340 valence electrons. The maximum atomic E-state index is 13.1. The topological polar surface area (TPSA) is 95.9 Å². The molecule has 0 fully saturated rings. The number of aliphatic hydroxyl groups excluding tert-OH is 2. The van der Waals surface area contributed by atoms with Gasteiger partial charge < -0.3 is 20.3 Å². The molecule has 0 aromatic carbocycles. The molecule has 3 unspecified atom stereocenters. The minimum Gasteiger partial charge on any atom is -0.462 e. The lowest BCUT2D eigenvalue weighted by atomic mass is 10.0. The maximum Gasteiger partial charge on any atom is 0.306 e. The standard InChI is InChI=1S/C53H93NO5/c1-4-7-10-13-16-19-22-23-24-25-26-27-28-31-34-37-40-43-46-53(58)59-49(44-41-38-35-32-29-20-17-14-11-8-5-2)47-52(57)54-50(48-55)51(56)45-42-39-36-33-30-21-18-15-12-9-6-3/h8,11,14,17,20,24-27,29,32,35,49-51,55-56H,4-7,9-10,12-13,15-16,18-19,21-23,28,30-31,33-34,36-48H2,1-3H3,(H,54,57)/b11-8+,17-14+,25-24+,27-26+,29-20-,35-32-. The summed E-state index contributed by atoms with van der Waals surface area (Å²) < 4.78 is 5.87. The van der Waals surface area contributed by atoms with Gasteiger partial charge in [0.2, 0.25) is 5.91 Å². The molecule has 0 radical (unpaired) electrons. The molecule has 6 nitrogen and oxygen atoms in total. The SMILES string of the molecule is CC/C=C/C=C/C=C\C=C/CCCC(CC(=O)NC(CO)C(O)CCCCCCCCCCCCC)OC(=O)CCCCCCC/C=C/C=C/CCCCCCCCC. The van der Waals surface area contributed by atoms with Crippen LogP contribution in [0.1, 0.15) is 226 Å². The average molecular weight is 824 g/mol. The van der Waals surface area contributed by atoms with E-state index in [9.17, 15) is 19.8 Å². The zero-order valence-corrected chi connectivity index (χ0v) is 38.6. The lowest BCUT2D eigenvalue weighted by Crippen LogP contribution is -2.46. The van der Waals surface area contributed by atoms with Crippen molar-refractivity contribution in [2.24, 2.45) is 0 Å². The highest BCUT2D eigenvalue weighted by molar-refractivity contribution is 5.77. The molecule has 0 saturated heterocycles. The first-order valence-corrected chi connectivity index (χ1v) is 24.7. The molecule has 0 aliphatic rings. The predicted molar refractivity (Wildman–Crippen MR) is 255 cm³/mol. The monoisotopic (exact) mass is 824 g/mol. The van der Waals surface area contributed by atoms with Gasteiger partial charge in [0, 0.05) is 6.42 Å². The van der Waals surface area contributed by atoms with Crippen molar-refractivity contribution < 1.29 is 24.5 Å². The molecular weight excluding hydrogens is 731 g/mol. The summed E-state index contributed by atoms with van der Waals surface area (Å²) in [5.74, 6) is -0.563. The van der Waals surface area contributed by atoms with Crippen LogP contribution in [0.4, 0.5) is 0 Å². The molecule has 59 heavy (non-hydrogen) atoms. The molecule has 0 rings (SSSR count). The molecule has 0 aliphatic heterocycles. The Bertz CT molecular complexity index is 1110. The molecular formula is C53H93NO5. The van der Waals surface area contributed by atoms with Gasteiger partial charge in [0.15, 0.2) is 0 Å². The summed E-state index contributed by atoms with van der Waals surface area (Å²) in [6.45, 7) is 6.29. The average Bonchev–Trinajstić information content (AvgIpc) is 3.23. The second kappa shape index (κ2) is 46.4. The van der Waals surface area contributed by atoms with Crippen LogP contribution < -0.4 is 5.32 Å². The number of allylic oxidation sites excluding steroid dienone is 12.